The summed E-state index contributed by atoms with van der Waals surface area (Å²) in [6, 6.07) is 0. The van der Waals surface area contributed by atoms with Gasteiger partial charge in [0.1, 0.15) is 10.4 Å². The van der Waals surface area contributed by atoms with E-state index in [1.54, 1.807) is 6.20 Å². The highest BCUT2D eigenvalue weighted by molar-refractivity contribution is 7.14. The highest BCUT2D eigenvalue weighted by atomic mass is 32.1. The zero-order chi connectivity index (χ0) is 13.2. The minimum absolute atomic E-state index is 0.351. The second-order valence-corrected chi connectivity index (χ2v) is 5.46. The minimum Gasteiger partial charge on any atom is -0.379 e. The number of nitrogens with zero attached hydrogens (tertiary/aromatic N) is 3. The molecule has 0 aliphatic heterocycles. The van der Waals surface area contributed by atoms with Crippen LogP contribution in [-0.4, -0.2) is 28.3 Å². The lowest BCUT2D eigenvalue weighted by Gasteiger charge is -2.19. The fourth-order valence-electron chi connectivity index (χ4n) is 1.39. The highest BCUT2D eigenvalue weighted by Gasteiger charge is 2.28. The maximum absolute atomic E-state index is 6.10. The van der Waals surface area contributed by atoms with Crippen molar-refractivity contribution in [1.29, 1.82) is 0 Å². The zero-order valence-corrected chi connectivity index (χ0v) is 11.5. The van der Waals surface area contributed by atoms with Gasteiger partial charge < -0.3 is 15.0 Å². The van der Waals surface area contributed by atoms with Crippen LogP contribution in [0.4, 0.5) is 0 Å². The van der Waals surface area contributed by atoms with E-state index in [0.29, 0.717) is 24.9 Å². The summed E-state index contributed by atoms with van der Waals surface area (Å²) < 4.78 is 10.5. The Kier molecular flexibility index (Phi) is 3.74. The van der Waals surface area contributed by atoms with Gasteiger partial charge in [0.15, 0.2) is 5.82 Å². The fourth-order valence-corrected chi connectivity index (χ4v) is 2.09. The van der Waals surface area contributed by atoms with Crippen LogP contribution in [-0.2, 0) is 10.3 Å². The van der Waals surface area contributed by atoms with Crippen LogP contribution in [0.5, 0.6) is 0 Å². The molecule has 0 saturated carbocycles. The van der Waals surface area contributed by atoms with E-state index in [1.807, 2.05) is 20.8 Å². The van der Waals surface area contributed by atoms with Gasteiger partial charge in [0, 0.05) is 6.61 Å². The maximum atomic E-state index is 6.10. The summed E-state index contributed by atoms with van der Waals surface area (Å²) in [7, 11) is 0. The lowest BCUT2D eigenvalue weighted by molar-refractivity contribution is 0.0962. The number of hydrogen-bond donors (Lipinski definition) is 1. The van der Waals surface area contributed by atoms with Gasteiger partial charge in [-0.25, -0.2) is 4.98 Å². The Morgan fingerprint density at radius 2 is 2.33 bits per heavy atom. The Morgan fingerprint density at radius 3 is 2.94 bits per heavy atom. The molecule has 2 N–H and O–H groups in total. The average Bonchev–Trinajstić information content (AvgIpc) is 2.94. The average molecular weight is 268 g/mol. The highest BCUT2D eigenvalue weighted by Crippen LogP contribution is 2.26. The first-order chi connectivity index (χ1) is 8.53. The summed E-state index contributed by atoms with van der Waals surface area (Å²) >= 11 is 1.50. The molecule has 0 aliphatic rings. The van der Waals surface area contributed by atoms with Crippen LogP contribution in [0, 0.1) is 6.92 Å². The molecule has 0 fully saturated rings. The summed E-state index contributed by atoms with van der Waals surface area (Å²) in [4.78, 5) is 9.30. The Labute approximate surface area is 109 Å². The smallest absolute Gasteiger partial charge is 0.269 e. The van der Waals surface area contributed by atoms with Crippen molar-refractivity contribution in [3.63, 3.8) is 0 Å². The van der Waals surface area contributed by atoms with Crippen molar-refractivity contribution in [3.8, 4) is 10.8 Å². The molecule has 2 rings (SSSR count). The van der Waals surface area contributed by atoms with Crippen LogP contribution in [0.1, 0.15) is 24.7 Å². The second kappa shape index (κ2) is 5.13. The van der Waals surface area contributed by atoms with Gasteiger partial charge in [-0.05, 0) is 20.8 Å². The summed E-state index contributed by atoms with van der Waals surface area (Å²) in [6.45, 7) is 6.61. The van der Waals surface area contributed by atoms with Gasteiger partial charge in [0.2, 0.25) is 0 Å². The molecular weight excluding hydrogens is 252 g/mol. The number of ether oxygens (including phenoxy) is 1. The molecule has 0 amide bonds. The number of aryl methyl sites for hydroxylation is 1. The summed E-state index contributed by atoms with van der Waals surface area (Å²) in [5.41, 5.74) is 5.35. The first kappa shape index (κ1) is 13.1. The molecule has 1 unspecified atom stereocenters. The van der Waals surface area contributed by atoms with Crippen LogP contribution in [0.25, 0.3) is 10.8 Å². The Hall–Kier alpha value is -1.31. The predicted octanol–water partition coefficient (Wildman–Crippen LogP) is 1.71. The molecule has 2 heterocycles. The van der Waals surface area contributed by atoms with Crippen molar-refractivity contribution in [2.75, 3.05) is 13.2 Å². The fraction of sp³-hybridized carbons (Fsp3) is 0.545. The topological polar surface area (TPSA) is 87.1 Å². The van der Waals surface area contributed by atoms with Gasteiger partial charge in [0.05, 0.1) is 17.8 Å². The number of hydrogen-bond acceptors (Lipinski definition) is 7. The van der Waals surface area contributed by atoms with E-state index in [2.05, 4.69) is 15.1 Å². The van der Waals surface area contributed by atoms with Crippen LogP contribution < -0.4 is 5.73 Å². The molecule has 0 aliphatic carbocycles. The van der Waals surface area contributed by atoms with Gasteiger partial charge in [0.25, 0.3) is 5.89 Å². The first-order valence-electron chi connectivity index (χ1n) is 5.66. The molecular formula is C11H16N4O2S. The van der Waals surface area contributed by atoms with Crippen LogP contribution in [0.3, 0.4) is 0 Å². The third-order valence-corrected chi connectivity index (χ3v) is 3.28. The SMILES string of the molecule is CCOCC(C)(N)c1noc(-c2cnc(C)s2)n1. The molecule has 98 valence electrons. The monoisotopic (exact) mass is 268 g/mol. The molecule has 2 aromatic heterocycles. The molecule has 0 spiro atoms. The molecule has 0 saturated heterocycles. The van der Waals surface area contributed by atoms with Gasteiger partial charge in [-0.15, -0.1) is 11.3 Å². The minimum atomic E-state index is -0.752. The van der Waals surface area contributed by atoms with Gasteiger partial charge in [-0.1, -0.05) is 5.16 Å². The van der Waals surface area contributed by atoms with E-state index < -0.39 is 5.54 Å². The molecule has 1 atom stereocenters. The number of nitrogens with two attached hydrogens (primary N) is 1. The van der Waals surface area contributed by atoms with E-state index >= 15 is 0 Å². The van der Waals surface area contributed by atoms with Gasteiger partial charge in [-0.3, -0.25) is 0 Å². The van der Waals surface area contributed by atoms with Crippen molar-refractivity contribution in [1.82, 2.24) is 15.1 Å². The zero-order valence-electron chi connectivity index (χ0n) is 10.6. The van der Waals surface area contributed by atoms with E-state index in [9.17, 15) is 0 Å². The largest absolute Gasteiger partial charge is 0.379 e. The van der Waals surface area contributed by atoms with Crippen LogP contribution in [0.15, 0.2) is 10.7 Å². The molecule has 0 radical (unpaired) electrons. The molecule has 0 aromatic carbocycles. The van der Waals surface area contributed by atoms with E-state index in [-0.39, 0.29) is 0 Å². The normalized spacial score (nSPS) is 14.7. The van der Waals surface area contributed by atoms with Gasteiger partial charge in [-0.2, -0.15) is 4.98 Å². The standard InChI is InChI=1S/C11H16N4O2S/c1-4-16-6-11(3,12)10-14-9(17-15-10)8-5-13-7(2)18-8/h5H,4,6,12H2,1-3H3. The van der Waals surface area contributed by atoms with Crippen molar-refractivity contribution in [2.24, 2.45) is 5.73 Å². The molecule has 2 aromatic rings. The molecule has 0 bridgehead atoms. The Bertz CT molecular complexity index is 521. The third-order valence-electron chi connectivity index (χ3n) is 2.37. The Balaban J connectivity index is 2.19. The molecule has 7 heteroatoms. The third kappa shape index (κ3) is 2.74. The summed E-state index contributed by atoms with van der Waals surface area (Å²) in [6.07, 6.45) is 1.72. The van der Waals surface area contributed by atoms with Gasteiger partial charge >= 0.3 is 0 Å². The van der Waals surface area contributed by atoms with Crippen molar-refractivity contribution < 1.29 is 9.26 Å². The second-order valence-electron chi connectivity index (χ2n) is 4.22. The van der Waals surface area contributed by atoms with E-state index in [4.69, 9.17) is 15.0 Å². The lowest BCUT2D eigenvalue weighted by atomic mass is 10.1. The molecule has 18 heavy (non-hydrogen) atoms. The Morgan fingerprint density at radius 1 is 1.56 bits per heavy atom. The summed E-state index contributed by atoms with van der Waals surface area (Å²) in [5, 5.41) is 4.87. The van der Waals surface area contributed by atoms with Crippen LogP contribution >= 0.6 is 11.3 Å². The van der Waals surface area contributed by atoms with Crippen LogP contribution in [0.2, 0.25) is 0 Å². The van der Waals surface area contributed by atoms with Crippen molar-refractivity contribution in [3.05, 3.63) is 17.0 Å². The van der Waals surface area contributed by atoms with E-state index in [1.165, 1.54) is 11.3 Å². The van der Waals surface area contributed by atoms with Crippen molar-refractivity contribution >= 4 is 11.3 Å². The first-order valence-corrected chi connectivity index (χ1v) is 6.48. The predicted molar refractivity (Wildman–Crippen MR) is 68.2 cm³/mol. The lowest BCUT2D eigenvalue weighted by Crippen LogP contribution is -2.39. The van der Waals surface area contributed by atoms with Crippen molar-refractivity contribution in [2.45, 2.75) is 26.3 Å². The van der Waals surface area contributed by atoms with E-state index in [0.717, 1.165) is 9.88 Å². The summed E-state index contributed by atoms with van der Waals surface area (Å²) in [5.74, 6) is 0.890. The number of thiazole rings is 1. The quantitative estimate of drug-likeness (QED) is 0.888. The molecule has 6 nitrogen and oxygen atoms in total. The maximum Gasteiger partial charge on any atom is 0.269 e. The number of aromatic nitrogens is 3. The number of rotatable bonds is 5.